The highest BCUT2D eigenvalue weighted by atomic mass is 35.5. The third-order valence-corrected chi connectivity index (χ3v) is 2.90. The van der Waals surface area contributed by atoms with Crippen molar-refractivity contribution in [2.45, 2.75) is 6.92 Å². The van der Waals surface area contributed by atoms with E-state index >= 15 is 0 Å². The number of primary amides is 1. The van der Waals surface area contributed by atoms with Crippen LogP contribution in [0, 0.1) is 6.92 Å². The van der Waals surface area contributed by atoms with Crippen LogP contribution in [-0.4, -0.2) is 12.1 Å². The summed E-state index contributed by atoms with van der Waals surface area (Å²) in [4.78, 5) is 23.1. The number of halogens is 1. The summed E-state index contributed by atoms with van der Waals surface area (Å²) in [6.45, 7) is 1.81. The molecular weight excluding hydrogens is 294 g/mol. The van der Waals surface area contributed by atoms with Crippen LogP contribution in [0.2, 0.25) is 5.02 Å². The number of hydrogen-bond donors (Lipinski definition) is 1. The van der Waals surface area contributed by atoms with E-state index in [4.69, 9.17) is 26.8 Å². The van der Waals surface area contributed by atoms with Crippen LogP contribution in [0.1, 0.15) is 15.9 Å². The van der Waals surface area contributed by atoms with Crippen molar-refractivity contribution < 1.29 is 19.1 Å². The molecule has 0 saturated heterocycles. The fraction of sp³-hybridized carbons (Fsp3) is 0.0667. The molecule has 0 saturated carbocycles. The van der Waals surface area contributed by atoms with Gasteiger partial charge in [-0.2, -0.15) is 0 Å². The monoisotopic (exact) mass is 305 g/mol. The summed E-state index contributed by atoms with van der Waals surface area (Å²) in [6.07, 6.45) is -1.03. The second-order valence-electron chi connectivity index (χ2n) is 4.22. The van der Waals surface area contributed by atoms with E-state index in [2.05, 4.69) is 0 Å². The summed E-state index contributed by atoms with van der Waals surface area (Å²) in [7, 11) is 0. The normalized spacial score (nSPS) is 10.0. The average molecular weight is 306 g/mol. The molecular formula is C15H12ClNO4. The van der Waals surface area contributed by atoms with Gasteiger partial charge in [-0.3, -0.25) is 0 Å². The number of carbonyl (C=O) groups excluding carboxylic acids is 2. The van der Waals surface area contributed by atoms with Crippen LogP contribution in [0.4, 0.5) is 4.79 Å². The first-order valence-electron chi connectivity index (χ1n) is 6.02. The number of nitrogens with two attached hydrogens (primary N) is 1. The van der Waals surface area contributed by atoms with Crippen molar-refractivity contribution >= 4 is 23.7 Å². The van der Waals surface area contributed by atoms with Gasteiger partial charge >= 0.3 is 12.1 Å². The van der Waals surface area contributed by atoms with E-state index in [-0.39, 0.29) is 11.3 Å². The zero-order valence-electron chi connectivity index (χ0n) is 11.1. The first kappa shape index (κ1) is 14.9. The maximum absolute atomic E-state index is 12.2. The minimum absolute atomic E-state index is 0.00881. The lowest BCUT2D eigenvalue weighted by Crippen LogP contribution is -2.19. The van der Waals surface area contributed by atoms with E-state index in [1.165, 1.54) is 18.2 Å². The van der Waals surface area contributed by atoms with Gasteiger partial charge in [-0.05, 0) is 36.8 Å². The molecule has 0 aliphatic carbocycles. The van der Waals surface area contributed by atoms with E-state index in [0.717, 1.165) is 5.56 Å². The second kappa shape index (κ2) is 6.28. The lowest BCUT2D eigenvalue weighted by atomic mass is 10.2. The Morgan fingerprint density at radius 3 is 2.43 bits per heavy atom. The molecule has 108 valence electrons. The van der Waals surface area contributed by atoms with Crippen molar-refractivity contribution in [3.63, 3.8) is 0 Å². The number of amides is 1. The Morgan fingerprint density at radius 2 is 1.76 bits per heavy atom. The molecule has 0 bridgehead atoms. The van der Waals surface area contributed by atoms with Crippen LogP contribution >= 0.6 is 11.6 Å². The molecule has 0 heterocycles. The van der Waals surface area contributed by atoms with Gasteiger partial charge in [-0.15, -0.1) is 0 Å². The molecule has 0 atom stereocenters. The standard InChI is InChI=1S/C15H12ClNO4/c1-9-4-2-3-5-12(9)20-14(18)11-8-10(16)6-7-13(11)21-15(17)19/h2-8H,1H3,(H2,17,19). The molecule has 0 aromatic heterocycles. The minimum Gasteiger partial charge on any atom is -0.423 e. The number of para-hydroxylation sites is 1. The predicted molar refractivity (Wildman–Crippen MR) is 77.8 cm³/mol. The van der Waals surface area contributed by atoms with Crippen molar-refractivity contribution in [3.8, 4) is 11.5 Å². The Bertz CT molecular complexity index is 700. The van der Waals surface area contributed by atoms with E-state index < -0.39 is 12.1 Å². The fourth-order valence-electron chi connectivity index (χ4n) is 1.68. The van der Waals surface area contributed by atoms with Crippen LogP contribution < -0.4 is 15.2 Å². The van der Waals surface area contributed by atoms with Crippen LogP contribution in [-0.2, 0) is 0 Å². The molecule has 1 amide bonds. The molecule has 2 aromatic carbocycles. The number of esters is 1. The molecule has 0 aliphatic heterocycles. The quantitative estimate of drug-likeness (QED) is 0.697. The molecule has 5 nitrogen and oxygen atoms in total. The SMILES string of the molecule is Cc1ccccc1OC(=O)c1cc(Cl)ccc1OC(N)=O. The molecule has 21 heavy (non-hydrogen) atoms. The second-order valence-corrected chi connectivity index (χ2v) is 4.65. The lowest BCUT2D eigenvalue weighted by molar-refractivity contribution is 0.0731. The third-order valence-electron chi connectivity index (χ3n) is 2.67. The highest BCUT2D eigenvalue weighted by molar-refractivity contribution is 6.31. The molecule has 0 aliphatic rings. The van der Waals surface area contributed by atoms with Crippen LogP contribution in [0.5, 0.6) is 11.5 Å². The number of carbonyl (C=O) groups is 2. The summed E-state index contributed by atoms with van der Waals surface area (Å²) < 4.78 is 10.0. The summed E-state index contributed by atoms with van der Waals surface area (Å²) in [6, 6.07) is 11.2. The zero-order valence-corrected chi connectivity index (χ0v) is 11.9. The molecule has 0 spiro atoms. The smallest absolute Gasteiger partial charge is 0.409 e. The van der Waals surface area contributed by atoms with Gasteiger partial charge in [0.25, 0.3) is 0 Å². The van der Waals surface area contributed by atoms with Gasteiger partial charge in [0.1, 0.15) is 17.1 Å². The highest BCUT2D eigenvalue weighted by Crippen LogP contribution is 2.25. The molecule has 0 fully saturated rings. The summed E-state index contributed by atoms with van der Waals surface area (Å²) in [5, 5.41) is 0.309. The highest BCUT2D eigenvalue weighted by Gasteiger charge is 2.18. The van der Waals surface area contributed by atoms with E-state index in [1.54, 1.807) is 25.1 Å². The Hall–Kier alpha value is -2.53. The number of rotatable bonds is 3. The lowest BCUT2D eigenvalue weighted by Gasteiger charge is -2.10. The van der Waals surface area contributed by atoms with Gasteiger partial charge in [0.05, 0.1) is 0 Å². The predicted octanol–water partition coefficient (Wildman–Crippen LogP) is 3.33. The third kappa shape index (κ3) is 3.73. The number of aryl methyl sites for hydroxylation is 1. The van der Waals surface area contributed by atoms with E-state index in [0.29, 0.717) is 10.8 Å². The van der Waals surface area contributed by atoms with Crippen LogP contribution in [0.25, 0.3) is 0 Å². The Labute approximate surface area is 126 Å². The molecule has 2 rings (SSSR count). The van der Waals surface area contributed by atoms with Gasteiger partial charge in [0.2, 0.25) is 0 Å². The topological polar surface area (TPSA) is 78.6 Å². The molecule has 0 unspecified atom stereocenters. The van der Waals surface area contributed by atoms with Crippen molar-refractivity contribution in [2.24, 2.45) is 5.73 Å². The zero-order chi connectivity index (χ0) is 15.4. The molecule has 0 radical (unpaired) electrons. The number of benzene rings is 2. The van der Waals surface area contributed by atoms with Crippen molar-refractivity contribution in [1.29, 1.82) is 0 Å². The first-order chi connectivity index (χ1) is 9.97. The molecule has 6 heteroatoms. The summed E-state index contributed by atoms with van der Waals surface area (Å²) >= 11 is 5.85. The fourth-order valence-corrected chi connectivity index (χ4v) is 1.86. The average Bonchev–Trinajstić information content (AvgIpc) is 2.43. The van der Waals surface area contributed by atoms with Crippen molar-refractivity contribution in [2.75, 3.05) is 0 Å². The number of ether oxygens (including phenoxy) is 2. The summed E-state index contributed by atoms with van der Waals surface area (Å²) in [5.74, 6) is -0.291. The van der Waals surface area contributed by atoms with E-state index in [1.807, 2.05) is 6.07 Å². The van der Waals surface area contributed by atoms with Crippen LogP contribution in [0.3, 0.4) is 0 Å². The molecule has 2 N–H and O–H groups in total. The molecule has 2 aromatic rings. The maximum Gasteiger partial charge on any atom is 0.409 e. The summed E-state index contributed by atoms with van der Waals surface area (Å²) in [5.41, 5.74) is 5.78. The van der Waals surface area contributed by atoms with Crippen molar-refractivity contribution in [1.82, 2.24) is 0 Å². The van der Waals surface area contributed by atoms with Crippen molar-refractivity contribution in [3.05, 3.63) is 58.6 Å². The van der Waals surface area contributed by atoms with Gasteiger partial charge in [-0.25, -0.2) is 9.59 Å². The Morgan fingerprint density at radius 1 is 1.05 bits per heavy atom. The Kier molecular flexibility index (Phi) is 4.45. The Balaban J connectivity index is 2.32. The van der Waals surface area contributed by atoms with Crippen LogP contribution in [0.15, 0.2) is 42.5 Å². The first-order valence-corrected chi connectivity index (χ1v) is 6.40. The maximum atomic E-state index is 12.2. The van der Waals surface area contributed by atoms with Gasteiger partial charge in [0, 0.05) is 5.02 Å². The van der Waals surface area contributed by atoms with Gasteiger partial charge in [0.15, 0.2) is 0 Å². The number of hydrogen-bond acceptors (Lipinski definition) is 4. The van der Waals surface area contributed by atoms with Gasteiger partial charge < -0.3 is 15.2 Å². The minimum atomic E-state index is -1.03. The largest absolute Gasteiger partial charge is 0.423 e. The van der Waals surface area contributed by atoms with E-state index in [9.17, 15) is 9.59 Å². The van der Waals surface area contributed by atoms with Gasteiger partial charge in [-0.1, -0.05) is 29.8 Å².